The molecule has 4 atom stereocenters. The molecule has 3 fully saturated rings. The van der Waals surface area contributed by atoms with Crippen LogP contribution < -0.4 is 5.32 Å². The van der Waals surface area contributed by atoms with E-state index in [0.717, 1.165) is 37.8 Å². The number of likely N-dealkylation sites (N-methyl/N-ethyl adjacent to an activating group) is 2. The van der Waals surface area contributed by atoms with Crippen molar-refractivity contribution in [1.29, 1.82) is 0 Å². The zero-order valence-electron chi connectivity index (χ0n) is 27.5. The molecule has 240 valence electrons. The van der Waals surface area contributed by atoms with Crippen LogP contribution >= 0.6 is 11.6 Å². The summed E-state index contributed by atoms with van der Waals surface area (Å²) in [5.41, 5.74) is 0.727. The smallest absolute Gasteiger partial charge is 0.326 e. The largest absolute Gasteiger partial charge is 0.472 e. The minimum Gasteiger partial charge on any atom is -0.472 e. The molecule has 2 saturated heterocycles. The highest BCUT2D eigenvalue weighted by molar-refractivity contribution is 6.30. The third-order valence-electron chi connectivity index (χ3n) is 10.9. The molecule has 8 nitrogen and oxygen atoms in total. The van der Waals surface area contributed by atoms with Crippen molar-refractivity contribution in [3.8, 4) is 0 Å². The number of nitrogens with zero attached hydrogens (tertiary/aromatic N) is 3. The standard InChI is InChI=1S/C35H49ClN4O4/c1-33(2,3)38-18-17-35(23-38,25-8-10-26(36)11-9-25)32(43)40(7)21-28(20-29(40)30(41)37-6)39(31(42)24-14-19-44-22-24)27-12-15-34(4,5)16-13-27/h8-11,14,19,22,27-29H,12-13,15-18,20-21,23H2,1-7H3/p+1/t28-,29-,35+,40?/m0/s1. The lowest BCUT2D eigenvalue weighted by atomic mass is 9.75. The number of likely N-dealkylation sites (tertiary alicyclic amines) is 2. The van der Waals surface area contributed by atoms with Gasteiger partial charge in [0.25, 0.3) is 11.8 Å². The van der Waals surface area contributed by atoms with Crippen LogP contribution in [-0.4, -0.2) is 89.4 Å². The highest BCUT2D eigenvalue weighted by atomic mass is 35.5. The molecule has 1 aliphatic carbocycles. The first-order valence-corrected chi connectivity index (χ1v) is 16.5. The number of furan rings is 1. The Morgan fingerprint density at radius 1 is 1.05 bits per heavy atom. The van der Waals surface area contributed by atoms with E-state index in [2.05, 4.69) is 44.8 Å². The van der Waals surface area contributed by atoms with E-state index >= 15 is 4.79 Å². The van der Waals surface area contributed by atoms with Crippen molar-refractivity contribution in [1.82, 2.24) is 15.1 Å². The SMILES string of the molecule is CNC(=O)[C@@H]1C[C@H](N(C(=O)c2ccoc2)C2CCC(C)(C)CC2)C[N+]1(C)C(=O)[C@]1(c2ccc(Cl)cc2)CCN(C(C)(C)C)C1. The lowest BCUT2D eigenvalue weighted by Gasteiger charge is -2.43. The number of benzene rings is 1. The van der Waals surface area contributed by atoms with Gasteiger partial charge in [0, 0.05) is 43.2 Å². The molecule has 1 N–H and O–H groups in total. The van der Waals surface area contributed by atoms with Gasteiger partial charge in [-0.2, -0.15) is 0 Å². The Kier molecular flexibility index (Phi) is 8.86. The number of rotatable bonds is 6. The third-order valence-corrected chi connectivity index (χ3v) is 11.2. The predicted molar refractivity (Wildman–Crippen MR) is 172 cm³/mol. The first kappa shape index (κ1) is 32.7. The monoisotopic (exact) mass is 625 g/mol. The van der Waals surface area contributed by atoms with Gasteiger partial charge in [0.15, 0.2) is 6.04 Å². The van der Waals surface area contributed by atoms with Crippen LogP contribution in [0.2, 0.25) is 5.02 Å². The third kappa shape index (κ3) is 5.97. The summed E-state index contributed by atoms with van der Waals surface area (Å²) in [6.07, 6.45) is 7.93. The van der Waals surface area contributed by atoms with Gasteiger partial charge in [0.2, 0.25) is 0 Å². The maximum atomic E-state index is 15.3. The molecule has 0 radical (unpaired) electrons. The molecule has 1 aromatic carbocycles. The number of hydrogen-bond acceptors (Lipinski definition) is 5. The molecule has 2 aliphatic heterocycles. The average molecular weight is 626 g/mol. The summed E-state index contributed by atoms with van der Waals surface area (Å²) in [5, 5.41) is 3.48. The minimum absolute atomic E-state index is 0.0307. The molecule has 5 rings (SSSR count). The topological polar surface area (TPSA) is 82.9 Å². The van der Waals surface area contributed by atoms with Crippen LogP contribution in [0, 0.1) is 5.41 Å². The summed E-state index contributed by atoms with van der Waals surface area (Å²) >= 11 is 6.30. The van der Waals surface area contributed by atoms with Gasteiger partial charge in [0.1, 0.15) is 18.2 Å². The molecule has 3 amide bonds. The summed E-state index contributed by atoms with van der Waals surface area (Å²) in [7, 11) is 3.55. The number of nitrogens with one attached hydrogen (secondary N) is 1. The molecule has 2 aromatic rings. The highest BCUT2D eigenvalue weighted by Gasteiger charge is 2.63. The Labute approximate surface area is 267 Å². The van der Waals surface area contributed by atoms with E-state index in [0.29, 0.717) is 36.5 Å². The normalized spacial score (nSPS) is 29.5. The fraction of sp³-hybridized carbons (Fsp3) is 0.629. The van der Waals surface area contributed by atoms with Gasteiger partial charge in [-0.05, 0) is 82.1 Å². The second-order valence-electron chi connectivity index (χ2n) is 15.3. The molecule has 0 bridgehead atoms. The highest BCUT2D eigenvalue weighted by Crippen LogP contribution is 2.45. The average Bonchev–Trinajstić information content (AvgIpc) is 3.74. The van der Waals surface area contributed by atoms with Crippen molar-refractivity contribution in [2.24, 2.45) is 5.41 Å². The van der Waals surface area contributed by atoms with Crippen molar-refractivity contribution in [2.75, 3.05) is 33.7 Å². The van der Waals surface area contributed by atoms with Gasteiger partial charge in [-0.1, -0.05) is 37.6 Å². The van der Waals surface area contributed by atoms with Crippen LogP contribution in [0.4, 0.5) is 0 Å². The number of carbonyl (C=O) groups excluding carboxylic acids is 3. The number of carbonyl (C=O) groups is 3. The Morgan fingerprint density at radius 2 is 1.70 bits per heavy atom. The predicted octanol–water partition coefficient (Wildman–Crippen LogP) is 5.65. The Bertz CT molecular complexity index is 1360. The second-order valence-corrected chi connectivity index (χ2v) is 15.8. The van der Waals surface area contributed by atoms with Crippen molar-refractivity contribution in [2.45, 2.75) is 102 Å². The Balaban J connectivity index is 1.56. The lowest BCUT2D eigenvalue weighted by Crippen LogP contribution is -2.65. The van der Waals surface area contributed by atoms with Gasteiger partial charge in [0.05, 0.1) is 24.9 Å². The van der Waals surface area contributed by atoms with Crippen molar-refractivity contribution in [3.05, 3.63) is 59.0 Å². The summed E-state index contributed by atoms with van der Waals surface area (Å²) in [6, 6.07) is 8.50. The molecule has 1 saturated carbocycles. The summed E-state index contributed by atoms with van der Waals surface area (Å²) in [4.78, 5) is 47.5. The minimum atomic E-state index is -0.817. The fourth-order valence-electron chi connectivity index (χ4n) is 8.09. The van der Waals surface area contributed by atoms with Crippen molar-refractivity contribution >= 4 is 29.3 Å². The maximum absolute atomic E-state index is 15.3. The van der Waals surface area contributed by atoms with E-state index in [1.54, 1.807) is 13.1 Å². The molecule has 3 heterocycles. The summed E-state index contributed by atoms with van der Waals surface area (Å²) in [5.74, 6) is -0.221. The molecule has 44 heavy (non-hydrogen) atoms. The van der Waals surface area contributed by atoms with Crippen molar-refractivity contribution < 1.29 is 23.3 Å². The van der Waals surface area contributed by atoms with Gasteiger partial charge < -0.3 is 14.6 Å². The number of halogens is 1. The van der Waals surface area contributed by atoms with E-state index < -0.39 is 11.5 Å². The molecular weight excluding hydrogens is 576 g/mol. The lowest BCUT2D eigenvalue weighted by molar-refractivity contribution is -0.840. The number of hydrogen-bond donors (Lipinski definition) is 1. The fourth-order valence-corrected chi connectivity index (χ4v) is 8.22. The molecule has 3 aliphatic rings. The van der Waals surface area contributed by atoms with E-state index in [1.165, 1.54) is 12.5 Å². The van der Waals surface area contributed by atoms with Gasteiger partial charge in [-0.25, -0.2) is 4.79 Å². The maximum Gasteiger partial charge on any atom is 0.326 e. The second kappa shape index (κ2) is 11.9. The molecule has 9 heteroatoms. The summed E-state index contributed by atoms with van der Waals surface area (Å²) < 4.78 is 5.26. The van der Waals surface area contributed by atoms with Crippen LogP contribution in [0.15, 0.2) is 47.3 Å². The van der Waals surface area contributed by atoms with Gasteiger partial charge in [-0.3, -0.25) is 19.0 Å². The molecule has 1 unspecified atom stereocenters. The van der Waals surface area contributed by atoms with Crippen LogP contribution in [-0.2, 0) is 15.0 Å². The van der Waals surface area contributed by atoms with E-state index in [9.17, 15) is 9.59 Å². The Hall–Kier alpha value is -2.68. The van der Waals surface area contributed by atoms with Crippen LogP contribution in [0.1, 0.15) is 89.1 Å². The van der Waals surface area contributed by atoms with Crippen LogP contribution in [0.25, 0.3) is 0 Å². The first-order valence-electron chi connectivity index (χ1n) is 16.1. The molecule has 1 aromatic heterocycles. The zero-order valence-corrected chi connectivity index (χ0v) is 28.2. The molecular formula is C35H50ClN4O4+. The zero-order chi connectivity index (χ0) is 32.1. The summed E-state index contributed by atoms with van der Waals surface area (Å²) in [6.45, 7) is 12.8. The van der Waals surface area contributed by atoms with Crippen molar-refractivity contribution in [3.63, 3.8) is 0 Å². The van der Waals surface area contributed by atoms with E-state index in [4.69, 9.17) is 16.0 Å². The van der Waals surface area contributed by atoms with E-state index in [-0.39, 0.29) is 45.2 Å². The van der Waals surface area contributed by atoms with Crippen LogP contribution in [0.5, 0.6) is 0 Å². The Morgan fingerprint density at radius 3 is 2.25 bits per heavy atom. The first-order chi connectivity index (χ1) is 20.6. The van der Waals surface area contributed by atoms with Gasteiger partial charge in [-0.15, -0.1) is 0 Å². The number of amides is 3. The quantitative estimate of drug-likeness (QED) is 0.420. The number of quaternary nitrogens is 1. The van der Waals surface area contributed by atoms with Gasteiger partial charge >= 0.3 is 5.91 Å². The molecule has 0 spiro atoms. The van der Waals surface area contributed by atoms with E-state index in [1.807, 2.05) is 36.2 Å². The van der Waals surface area contributed by atoms with Crippen LogP contribution in [0.3, 0.4) is 0 Å².